The smallest absolute Gasteiger partial charge is 0.0866 e. The molecule has 2 heterocycles. The summed E-state index contributed by atoms with van der Waals surface area (Å²) in [5, 5.41) is 10.3. The van der Waals surface area contributed by atoms with Crippen LogP contribution in [0, 0.1) is 11.3 Å². The lowest BCUT2D eigenvalue weighted by atomic mass is 9.75. The molecule has 146 valence electrons. The first-order chi connectivity index (χ1) is 13.7. The zero-order valence-corrected chi connectivity index (χ0v) is 17.3. The van der Waals surface area contributed by atoms with Crippen molar-refractivity contribution >= 4 is 11.9 Å². The fraction of sp³-hybridized carbons (Fsp3) is 0.458. The molecule has 0 amide bonds. The van der Waals surface area contributed by atoms with Gasteiger partial charge in [0.05, 0.1) is 11.5 Å². The number of ether oxygens (including phenoxy) is 1. The first-order valence-corrected chi connectivity index (χ1v) is 11.1. The summed E-state index contributed by atoms with van der Waals surface area (Å²) in [6.45, 7) is 4.63. The second kappa shape index (κ2) is 8.69. The Morgan fingerprint density at radius 3 is 2.46 bits per heavy atom. The topological polar surface area (TPSA) is 36.3 Å². The van der Waals surface area contributed by atoms with Gasteiger partial charge in [0.1, 0.15) is 0 Å². The average molecular weight is 393 g/mol. The first-order valence-electron chi connectivity index (χ1n) is 10.3. The van der Waals surface area contributed by atoms with E-state index in [1.54, 1.807) is 0 Å². The fourth-order valence-corrected chi connectivity index (χ4v) is 5.62. The van der Waals surface area contributed by atoms with E-state index >= 15 is 0 Å². The van der Waals surface area contributed by atoms with Crippen LogP contribution in [0.2, 0.25) is 0 Å². The third-order valence-corrected chi connectivity index (χ3v) is 7.70. The average Bonchev–Trinajstić information content (AvgIpc) is 2.77. The molecule has 28 heavy (non-hydrogen) atoms. The van der Waals surface area contributed by atoms with Gasteiger partial charge in [0.25, 0.3) is 0 Å². The van der Waals surface area contributed by atoms with Crippen LogP contribution in [0.25, 0.3) is 0 Å². The van der Waals surface area contributed by atoms with E-state index in [2.05, 4.69) is 71.9 Å². The standard InChI is InChI=1S/C24H28N2OS/c1-19-7-12-23(21-5-3-2-4-6-21)28-26(19)17-20-8-10-22(11-9-20)24(18-25)13-15-27-16-14-24/h2-6,8-11,19,23H,7,12-17H2,1H3/t19-,23?/m0/s1. The molecular formula is C24H28N2OS. The molecule has 2 fully saturated rings. The van der Waals surface area contributed by atoms with E-state index in [0.717, 1.165) is 24.9 Å². The first kappa shape index (κ1) is 19.5. The van der Waals surface area contributed by atoms with Crippen LogP contribution in [0.1, 0.15) is 54.5 Å². The van der Waals surface area contributed by atoms with Gasteiger partial charge in [0.15, 0.2) is 0 Å². The Labute approximate surface area is 172 Å². The largest absolute Gasteiger partial charge is 0.381 e. The van der Waals surface area contributed by atoms with Gasteiger partial charge in [-0.25, -0.2) is 4.31 Å². The number of nitriles is 1. The van der Waals surface area contributed by atoms with Crippen molar-refractivity contribution in [3.05, 3.63) is 71.3 Å². The van der Waals surface area contributed by atoms with Crippen molar-refractivity contribution < 1.29 is 4.74 Å². The fourth-order valence-electron chi connectivity index (χ4n) is 4.24. The molecular weight excluding hydrogens is 364 g/mol. The number of nitrogens with zero attached hydrogens (tertiary/aromatic N) is 2. The number of benzene rings is 2. The second-order valence-corrected chi connectivity index (χ2v) is 9.26. The van der Waals surface area contributed by atoms with Gasteiger partial charge in [0, 0.05) is 31.1 Å². The van der Waals surface area contributed by atoms with Crippen LogP contribution in [0.4, 0.5) is 0 Å². The zero-order chi connectivity index (χ0) is 19.4. The highest BCUT2D eigenvalue weighted by Gasteiger charge is 2.34. The van der Waals surface area contributed by atoms with Crippen molar-refractivity contribution in [2.24, 2.45) is 0 Å². The molecule has 1 unspecified atom stereocenters. The number of hydrogen-bond donors (Lipinski definition) is 0. The molecule has 4 rings (SSSR count). The molecule has 2 atom stereocenters. The minimum Gasteiger partial charge on any atom is -0.381 e. The van der Waals surface area contributed by atoms with Crippen molar-refractivity contribution in [3.63, 3.8) is 0 Å². The zero-order valence-electron chi connectivity index (χ0n) is 16.5. The number of rotatable bonds is 4. The second-order valence-electron chi connectivity index (χ2n) is 8.01. The molecule has 2 aromatic carbocycles. The SMILES string of the molecule is C[C@H]1CCC(c2ccccc2)SN1Cc1ccc(C2(C#N)CCOCC2)cc1. The van der Waals surface area contributed by atoms with E-state index in [0.29, 0.717) is 24.5 Å². The van der Waals surface area contributed by atoms with Crippen molar-refractivity contribution in [2.75, 3.05) is 13.2 Å². The molecule has 0 aromatic heterocycles. The lowest BCUT2D eigenvalue weighted by Crippen LogP contribution is -2.32. The summed E-state index contributed by atoms with van der Waals surface area (Å²) in [5.41, 5.74) is 3.51. The summed E-state index contributed by atoms with van der Waals surface area (Å²) in [6.07, 6.45) is 4.04. The van der Waals surface area contributed by atoms with E-state index in [-0.39, 0.29) is 5.41 Å². The Balaban J connectivity index is 1.45. The number of hydrogen-bond acceptors (Lipinski definition) is 4. The van der Waals surface area contributed by atoms with E-state index in [4.69, 9.17) is 4.74 Å². The van der Waals surface area contributed by atoms with Crippen LogP contribution in [0.15, 0.2) is 54.6 Å². The molecule has 0 bridgehead atoms. The Kier molecular flexibility index (Phi) is 6.06. The van der Waals surface area contributed by atoms with Gasteiger partial charge in [0.2, 0.25) is 0 Å². The minimum atomic E-state index is -0.373. The van der Waals surface area contributed by atoms with Gasteiger partial charge in [-0.2, -0.15) is 5.26 Å². The van der Waals surface area contributed by atoms with Gasteiger partial charge < -0.3 is 4.74 Å². The highest BCUT2D eigenvalue weighted by Crippen LogP contribution is 2.43. The van der Waals surface area contributed by atoms with E-state index in [9.17, 15) is 5.26 Å². The lowest BCUT2D eigenvalue weighted by Gasteiger charge is -2.37. The maximum atomic E-state index is 9.78. The Hall–Kier alpha value is -1.80. The summed E-state index contributed by atoms with van der Waals surface area (Å²) >= 11 is 1.99. The lowest BCUT2D eigenvalue weighted by molar-refractivity contribution is 0.0675. The summed E-state index contributed by atoms with van der Waals surface area (Å²) in [7, 11) is 0. The molecule has 0 N–H and O–H groups in total. The van der Waals surface area contributed by atoms with Gasteiger partial charge in [-0.15, -0.1) is 0 Å². The van der Waals surface area contributed by atoms with Crippen molar-refractivity contribution in [2.45, 2.75) is 55.9 Å². The molecule has 0 radical (unpaired) electrons. The van der Waals surface area contributed by atoms with Crippen molar-refractivity contribution in [3.8, 4) is 6.07 Å². The van der Waals surface area contributed by atoms with Crippen LogP contribution in [0.5, 0.6) is 0 Å². The summed E-state index contributed by atoms with van der Waals surface area (Å²) in [5.74, 6) is 0. The van der Waals surface area contributed by atoms with Crippen LogP contribution in [-0.2, 0) is 16.7 Å². The molecule has 4 heteroatoms. The molecule has 2 aliphatic heterocycles. The summed E-state index contributed by atoms with van der Waals surface area (Å²) in [4.78, 5) is 0. The Morgan fingerprint density at radius 2 is 1.79 bits per heavy atom. The molecule has 2 aliphatic rings. The molecule has 0 aliphatic carbocycles. The quantitative estimate of drug-likeness (QED) is 0.632. The summed E-state index contributed by atoms with van der Waals surface area (Å²) < 4.78 is 8.00. The third kappa shape index (κ3) is 4.12. The van der Waals surface area contributed by atoms with Gasteiger partial charge >= 0.3 is 0 Å². The van der Waals surface area contributed by atoms with Crippen LogP contribution in [-0.4, -0.2) is 23.6 Å². The molecule has 0 spiro atoms. The van der Waals surface area contributed by atoms with E-state index < -0.39 is 0 Å². The molecule has 0 saturated carbocycles. The van der Waals surface area contributed by atoms with Crippen molar-refractivity contribution in [1.29, 1.82) is 5.26 Å². The highest BCUT2D eigenvalue weighted by molar-refractivity contribution is 7.97. The van der Waals surface area contributed by atoms with Gasteiger partial charge in [-0.1, -0.05) is 66.5 Å². The maximum Gasteiger partial charge on any atom is 0.0866 e. The summed E-state index contributed by atoms with van der Waals surface area (Å²) in [6, 6.07) is 22.8. The maximum absolute atomic E-state index is 9.78. The molecule has 3 nitrogen and oxygen atoms in total. The van der Waals surface area contributed by atoms with Crippen LogP contribution >= 0.6 is 11.9 Å². The normalized spacial score (nSPS) is 25.1. The highest BCUT2D eigenvalue weighted by atomic mass is 32.2. The Bertz CT molecular complexity index is 809. The minimum absolute atomic E-state index is 0.373. The third-order valence-electron chi connectivity index (χ3n) is 6.18. The van der Waals surface area contributed by atoms with E-state index in [1.165, 1.54) is 24.0 Å². The van der Waals surface area contributed by atoms with Crippen molar-refractivity contribution in [1.82, 2.24) is 4.31 Å². The molecule has 2 saturated heterocycles. The van der Waals surface area contributed by atoms with Crippen LogP contribution in [0.3, 0.4) is 0 Å². The Morgan fingerprint density at radius 1 is 1.07 bits per heavy atom. The van der Waals surface area contributed by atoms with Gasteiger partial charge in [-0.3, -0.25) is 0 Å². The monoisotopic (exact) mass is 392 g/mol. The predicted molar refractivity (Wildman–Crippen MR) is 115 cm³/mol. The van der Waals surface area contributed by atoms with E-state index in [1.807, 2.05) is 11.9 Å². The predicted octanol–water partition coefficient (Wildman–Crippen LogP) is 5.63. The van der Waals surface area contributed by atoms with Crippen LogP contribution < -0.4 is 0 Å². The van der Waals surface area contributed by atoms with Gasteiger partial charge in [-0.05, 0) is 49.3 Å². The molecule has 2 aromatic rings.